The Morgan fingerprint density at radius 2 is 2.23 bits per heavy atom. The Labute approximate surface area is 76.7 Å². The molecule has 1 heterocycles. The van der Waals surface area contributed by atoms with Gasteiger partial charge >= 0.3 is 5.97 Å². The number of pyridine rings is 1. The van der Waals surface area contributed by atoms with Crippen LogP contribution in [0.4, 0.5) is 5.69 Å². The summed E-state index contributed by atoms with van der Waals surface area (Å²) in [6, 6.07) is 3.16. The van der Waals surface area contributed by atoms with Crippen molar-refractivity contribution >= 4 is 11.7 Å². The van der Waals surface area contributed by atoms with E-state index < -0.39 is 5.97 Å². The molecule has 1 aromatic rings. The molecule has 4 nitrogen and oxygen atoms in total. The van der Waals surface area contributed by atoms with Gasteiger partial charge in [0.25, 0.3) is 0 Å². The van der Waals surface area contributed by atoms with Crippen LogP contribution in [0.15, 0.2) is 18.3 Å². The topological polar surface area (TPSA) is 65.2 Å². The molecule has 0 atom stereocenters. The molecule has 0 aliphatic heterocycles. The van der Waals surface area contributed by atoms with E-state index in [9.17, 15) is 4.79 Å². The summed E-state index contributed by atoms with van der Waals surface area (Å²) >= 11 is 0. The van der Waals surface area contributed by atoms with Gasteiger partial charge in [-0.3, -0.25) is 0 Å². The van der Waals surface area contributed by atoms with Crippen LogP contribution in [0.2, 0.25) is 0 Å². The number of aromatic nitrogens is 1. The van der Waals surface area contributed by atoms with Crippen molar-refractivity contribution < 1.29 is 9.53 Å². The van der Waals surface area contributed by atoms with Crippen LogP contribution in [-0.4, -0.2) is 17.1 Å². The lowest BCUT2D eigenvalue weighted by atomic mass is 10.3. The zero-order chi connectivity index (χ0) is 9.84. The van der Waals surface area contributed by atoms with E-state index in [0.29, 0.717) is 5.69 Å². The third kappa shape index (κ3) is 2.74. The molecule has 70 valence electrons. The van der Waals surface area contributed by atoms with E-state index in [4.69, 9.17) is 10.5 Å². The Kier molecular flexibility index (Phi) is 2.84. The van der Waals surface area contributed by atoms with E-state index in [2.05, 4.69) is 4.98 Å². The van der Waals surface area contributed by atoms with E-state index in [1.807, 2.05) is 0 Å². The number of hydrogen-bond acceptors (Lipinski definition) is 4. The van der Waals surface area contributed by atoms with Crippen LogP contribution in [0.1, 0.15) is 24.3 Å². The summed E-state index contributed by atoms with van der Waals surface area (Å²) in [6.45, 7) is 3.57. The largest absolute Gasteiger partial charge is 0.458 e. The van der Waals surface area contributed by atoms with Gasteiger partial charge in [0.2, 0.25) is 0 Å². The molecule has 0 aliphatic rings. The highest BCUT2D eigenvalue weighted by Gasteiger charge is 2.09. The maximum atomic E-state index is 11.2. The van der Waals surface area contributed by atoms with Crippen LogP contribution in [-0.2, 0) is 4.74 Å². The quantitative estimate of drug-likeness (QED) is 0.695. The number of esters is 1. The number of ether oxygens (including phenoxy) is 1. The maximum Gasteiger partial charge on any atom is 0.357 e. The van der Waals surface area contributed by atoms with Crippen molar-refractivity contribution in [2.75, 3.05) is 5.73 Å². The maximum absolute atomic E-state index is 11.2. The number of nitrogen functional groups attached to an aromatic ring is 1. The fraction of sp³-hybridized carbons (Fsp3) is 0.333. The van der Waals surface area contributed by atoms with Crippen molar-refractivity contribution in [2.24, 2.45) is 0 Å². The van der Waals surface area contributed by atoms with Gasteiger partial charge in [-0.1, -0.05) is 0 Å². The number of nitrogens with zero attached hydrogens (tertiary/aromatic N) is 1. The molecule has 0 fully saturated rings. The summed E-state index contributed by atoms with van der Waals surface area (Å²) in [6.07, 6.45) is 1.29. The number of carbonyl (C=O) groups excluding carboxylic acids is 1. The molecule has 0 saturated carbocycles. The fourth-order valence-corrected chi connectivity index (χ4v) is 0.800. The summed E-state index contributed by atoms with van der Waals surface area (Å²) in [4.78, 5) is 15.1. The third-order valence-corrected chi connectivity index (χ3v) is 1.34. The van der Waals surface area contributed by atoms with Crippen LogP contribution in [0, 0.1) is 0 Å². The minimum absolute atomic E-state index is 0.133. The van der Waals surface area contributed by atoms with Crippen molar-refractivity contribution in [2.45, 2.75) is 20.0 Å². The van der Waals surface area contributed by atoms with Crippen molar-refractivity contribution in [3.8, 4) is 0 Å². The first-order valence-corrected chi connectivity index (χ1v) is 4.02. The van der Waals surface area contributed by atoms with Crippen LogP contribution < -0.4 is 5.73 Å². The van der Waals surface area contributed by atoms with Crippen LogP contribution in [0.3, 0.4) is 0 Å². The number of rotatable bonds is 2. The van der Waals surface area contributed by atoms with Gasteiger partial charge in [-0.25, -0.2) is 9.78 Å². The highest BCUT2D eigenvalue weighted by molar-refractivity contribution is 5.87. The molecule has 0 spiro atoms. The monoisotopic (exact) mass is 180 g/mol. The predicted octanol–water partition coefficient (Wildman–Crippen LogP) is 1.23. The second-order valence-corrected chi connectivity index (χ2v) is 2.93. The molecule has 0 unspecified atom stereocenters. The molecule has 0 amide bonds. The molecule has 13 heavy (non-hydrogen) atoms. The number of nitrogens with two attached hydrogens (primary N) is 1. The van der Waals surface area contributed by atoms with Gasteiger partial charge in [0.05, 0.1) is 18.0 Å². The van der Waals surface area contributed by atoms with E-state index in [1.54, 1.807) is 26.0 Å². The summed E-state index contributed by atoms with van der Waals surface area (Å²) in [5.74, 6) is -0.421. The summed E-state index contributed by atoms with van der Waals surface area (Å²) < 4.78 is 4.93. The first kappa shape index (κ1) is 9.51. The average molecular weight is 180 g/mol. The van der Waals surface area contributed by atoms with Gasteiger partial charge in [-0.05, 0) is 26.0 Å². The van der Waals surface area contributed by atoms with Crippen LogP contribution >= 0.6 is 0 Å². The van der Waals surface area contributed by atoms with E-state index in [1.165, 1.54) is 6.20 Å². The molecule has 0 aliphatic carbocycles. The highest BCUT2D eigenvalue weighted by atomic mass is 16.5. The molecular formula is C9H12N2O2. The number of carbonyl (C=O) groups is 1. The Morgan fingerprint density at radius 3 is 2.69 bits per heavy atom. The Balaban J connectivity index is 2.72. The normalized spacial score (nSPS) is 10.1. The zero-order valence-corrected chi connectivity index (χ0v) is 7.65. The molecule has 0 bridgehead atoms. The third-order valence-electron chi connectivity index (χ3n) is 1.34. The van der Waals surface area contributed by atoms with Crippen molar-refractivity contribution in [3.05, 3.63) is 24.0 Å². The van der Waals surface area contributed by atoms with Gasteiger partial charge in [0.15, 0.2) is 0 Å². The first-order chi connectivity index (χ1) is 6.09. The lowest BCUT2D eigenvalue weighted by Gasteiger charge is -2.06. The van der Waals surface area contributed by atoms with E-state index in [0.717, 1.165) is 0 Å². The first-order valence-electron chi connectivity index (χ1n) is 4.02. The predicted molar refractivity (Wildman–Crippen MR) is 49.2 cm³/mol. The van der Waals surface area contributed by atoms with Crippen molar-refractivity contribution in [1.82, 2.24) is 4.98 Å². The summed E-state index contributed by atoms with van der Waals surface area (Å²) in [5.41, 5.74) is 6.22. The molecule has 0 aromatic carbocycles. The lowest BCUT2D eigenvalue weighted by molar-refractivity contribution is 0.0371. The van der Waals surface area contributed by atoms with Gasteiger partial charge in [0.1, 0.15) is 5.69 Å². The molecular weight excluding hydrogens is 168 g/mol. The fourth-order valence-electron chi connectivity index (χ4n) is 0.800. The van der Waals surface area contributed by atoms with Gasteiger partial charge < -0.3 is 10.5 Å². The highest BCUT2D eigenvalue weighted by Crippen LogP contribution is 2.03. The van der Waals surface area contributed by atoms with Gasteiger partial charge in [-0.2, -0.15) is 0 Å². The number of hydrogen-bond donors (Lipinski definition) is 1. The minimum atomic E-state index is -0.421. The van der Waals surface area contributed by atoms with Crippen LogP contribution in [0.25, 0.3) is 0 Å². The average Bonchev–Trinajstić information content (AvgIpc) is 2.04. The Hall–Kier alpha value is -1.58. The summed E-state index contributed by atoms with van der Waals surface area (Å²) in [7, 11) is 0. The smallest absolute Gasteiger partial charge is 0.357 e. The Bertz CT molecular complexity index is 293. The molecule has 1 aromatic heterocycles. The van der Waals surface area contributed by atoms with Gasteiger partial charge in [0, 0.05) is 0 Å². The lowest BCUT2D eigenvalue weighted by Crippen LogP contribution is -2.12. The zero-order valence-electron chi connectivity index (χ0n) is 7.65. The molecule has 4 heteroatoms. The van der Waals surface area contributed by atoms with E-state index in [-0.39, 0.29) is 11.8 Å². The van der Waals surface area contributed by atoms with Crippen LogP contribution in [0.5, 0.6) is 0 Å². The second-order valence-electron chi connectivity index (χ2n) is 2.93. The van der Waals surface area contributed by atoms with Crippen molar-refractivity contribution in [1.29, 1.82) is 0 Å². The second kappa shape index (κ2) is 3.89. The standard InChI is InChI=1S/C9H12N2O2/c1-6(2)13-9(12)8-4-3-7(10)5-11-8/h3-6H,10H2,1-2H3. The van der Waals surface area contributed by atoms with Gasteiger partial charge in [-0.15, -0.1) is 0 Å². The summed E-state index contributed by atoms with van der Waals surface area (Å²) in [5, 5.41) is 0. The van der Waals surface area contributed by atoms with E-state index >= 15 is 0 Å². The Morgan fingerprint density at radius 1 is 1.54 bits per heavy atom. The van der Waals surface area contributed by atoms with Crippen molar-refractivity contribution in [3.63, 3.8) is 0 Å². The molecule has 0 saturated heterocycles. The number of anilines is 1. The minimum Gasteiger partial charge on any atom is -0.458 e. The molecule has 2 N–H and O–H groups in total. The SMILES string of the molecule is CC(C)OC(=O)c1ccc(N)cn1. The molecule has 1 rings (SSSR count). The molecule has 0 radical (unpaired) electrons.